The van der Waals surface area contributed by atoms with Crippen molar-refractivity contribution in [1.29, 1.82) is 0 Å². The summed E-state index contributed by atoms with van der Waals surface area (Å²) < 4.78 is 38.5. The third kappa shape index (κ3) is 3.99. The summed E-state index contributed by atoms with van der Waals surface area (Å²) in [5, 5.41) is 0. The van der Waals surface area contributed by atoms with Gasteiger partial charge in [-0.25, -0.2) is 8.42 Å². The number of nitrogens with one attached hydrogen (secondary N) is 1. The maximum absolute atomic E-state index is 12.9. The normalized spacial score (nSPS) is 17.5. The van der Waals surface area contributed by atoms with Gasteiger partial charge >= 0.3 is 0 Å². The number of hydrogen-bond acceptors (Lipinski definition) is 3. The molecule has 1 atom stereocenters. The van der Waals surface area contributed by atoms with E-state index >= 15 is 0 Å². The lowest BCUT2D eigenvalue weighted by Crippen LogP contribution is -2.09. The molecule has 0 aromatic heterocycles. The smallest absolute Gasteiger partial charge is 0.229 e. The van der Waals surface area contributed by atoms with Crippen molar-refractivity contribution < 1.29 is 13.0 Å². The second-order valence-corrected chi connectivity index (χ2v) is 9.87. The molecule has 1 aliphatic rings. The van der Waals surface area contributed by atoms with Gasteiger partial charge < -0.3 is 4.55 Å². The third-order valence-corrected chi connectivity index (χ3v) is 6.54. The summed E-state index contributed by atoms with van der Waals surface area (Å²) in [6.45, 7) is 0. The molecule has 0 bridgehead atoms. The van der Waals surface area contributed by atoms with Crippen molar-refractivity contribution in [2.24, 2.45) is 0 Å². The minimum absolute atomic E-state index is 0.472. The van der Waals surface area contributed by atoms with Crippen LogP contribution in [0.4, 0.5) is 5.69 Å². The van der Waals surface area contributed by atoms with E-state index in [1.807, 2.05) is 66.7 Å². The monoisotopic (exact) mass is 409 g/mol. The van der Waals surface area contributed by atoms with Crippen molar-refractivity contribution in [3.63, 3.8) is 0 Å². The Morgan fingerprint density at radius 3 is 2.46 bits per heavy atom. The maximum Gasteiger partial charge on any atom is 0.229 e. The van der Waals surface area contributed by atoms with Crippen LogP contribution in [0.3, 0.4) is 0 Å². The highest BCUT2D eigenvalue weighted by molar-refractivity contribution is 7.92. The van der Waals surface area contributed by atoms with Crippen LogP contribution in [0.2, 0.25) is 0 Å². The van der Waals surface area contributed by atoms with E-state index in [4.69, 9.17) is 0 Å². The summed E-state index contributed by atoms with van der Waals surface area (Å²) >= 11 is -1.12. The first-order valence-electron chi connectivity index (χ1n) is 8.76. The highest BCUT2D eigenvalue weighted by Gasteiger charge is 2.26. The van der Waals surface area contributed by atoms with E-state index in [2.05, 4.69) is 4.72 Å². The van der Waals surface area contributed by atoms with Gasteiger partial charge in [0.15, 0.2) is 4.90 Å². The molecule has 6 heteroatoms. The van der Waals surface area contributed by atoms with Gasteiger partial charge in [0, 0.05) is 16.8 Å². The standard InChI is InChI=1S/C22H19NO3S2/c1-28(25,26)23-18-9-6-7-16(13-18)14-21-19-10-3-2-8-17(19)15-27(24)22-12-5-4-11-20(21)22/h2-14,23H,15H2,1H3/b21-14+. The van der Waals surface area contributed by atoms with Gasteiger partial charge in [0.05, 0.1) is 6.26 Å². The summed E-state index contributed by atoms with van der Waals surface area (Å²) in [5.74, 6) is 0.472. The van der Waals surface area contributed by atoms with Crippen LogP contribution in [-0.2, 0) is 27.0 Å². The Balaban J connectivity index is 1.89. The molecule has 0 amide bonds. The van der Waals surface area contributed by atoms with Crippen molar-refractivity contribution in [2.45, 2.75) is 10.6 Å². The molecule has 3 aromatic rings. The van der Waals surface area contributed by atoms with E-state index in [1.165, 1.54) is 0 Å². The average Bonchev–Trinajstić information content (AvgIpc) is 2.76. The second-order valence-electron chi connectivity index (χ2n) is 6.70. The first-order chi connectivity index (χ1) is 13.4. The first kappa shape index (κ1) is 18.8. The van der Waals surface area contributed by atoms with Gasteiger partial charge in [-0.15, -0.1) is 0 Å². The van der Waals surface area contributed by atoms with Crippen LogP contribution in [0, 0.1) is 0 Å². The number of anilines is 1. The number of sulfonamides is 1. The molecule has 1 heterocycles. The van der Waals surface area contributed by atoms with E-state index in [1.54, 1.807) is 12.1 Å². The van der Waals surface area contributed by atoms with E-state index in [9.17, 15) is 13.0 Å². The van der Waals surface area contributed by atoms with Crippen LogP contribution >= 0.6 is 0 Å². The summed E-state index contributed by atoms with van der Waals surface area (Å²) in [4.78, 5) is 0.815. The minimum atomic E-state index is -3.35. The average molecular weight is 410 g/mol. The lowest BCUT2D eigenvalue weighted by atomic mass is 9.92. The quantitative estimate of drug-likeness (QED) is 0.657. The predicted molar refractivity (Wildman–Crippen MR) is 115 cm³/mol. The highest BCUT2D eigenvalue weighted by atomic mass is 32.2. The molecule has 1 N–H and O–H groups in total. The first-order valence-corrected chi connectivity index (χ1v) is 12.0. The largest absolute Gasteiger partial charge is 0.611 e. The van der Waals surface area contributed by atoms with Crippen LogP contribution < -0.4 is 4.72 Å². The van der Waals surface area contributed by atoms with E-state index < -0.39 is 21.2 Å². The molecule has 0 saturated heterocycles. The fraction of sp³-hybridized carbons (Fsp3) is 0.0909. The van der Waals surface area contributed by atoms with Gasteiger partial charge in [-0.2, -0.15) is 0 Å². The minimum Gasteiger partial charge on any atom is -0.611 e. The zero-order valence-corrected chi connectivity index (χ0v) is 16.9. The van der Waals surface area contributed by atoms with Crippen LogP contribution in [0.25, 0.3) is 11.6 Å². The molecule has 142 valence electrons. The summed E-state index contributed by atoms with van der Waals surface area (Å²) in [7, 11) is -3.35. The SMILES string of the molecule is CS(=O)(=O)Nc1cccc(/C=C2\c3ccccc3C[S+]([O-])c3ccccc32)c1. The Hall–Kier alpha value is -2.54. The fourth-order valence-electron chi connectivity index (χ4n) is 3.39. The number of hydrogen-bond donors (Lipinski definition) is 1. The van der Waals surface area contributed by atoms with Crippen molar-refractivity contribution in [3.8, 4) is 0 Å². The van der Waals surface area contributed by atoms with Gasteiger partial charge in [-0.05, 0) is 58.2 Å². The van der Waals surface area contributed by atoms with Crippen molar-refractivity contribution in [2.75, 3.05) is 11.0 Å². The molecule has 0 fully saturated rings. The molecule has 0 spiro atoms. The summed E-state index contributed by atoms with van der Waals surface area (Å²) in [6, 6.07) is 23.0. The van der Waals surface area contributed by atoms with Gasteiger partial charge in [-0.3, -0.25) is 4.72 Å². The fourth-order valence-corrected chi connectivity index (χ4v) is 5.29. The maximum atomic E-state index is 12.9. The molecule has 28 heavy (non-hydrogen) atoms. The third-order valence-electron chi connectivity index (χ3n) is 4.52. The second kappa shape index (κ2) is 7.47. The van der Waals surface area contributed by atoms with E-state index in [0.29, 0.717) is 11.4 Å². The molecule has 1 unspecified atom stereocenters. The molecule has 4 nitrogen and oxygen atoms in total. The zero-order chi connectivity index (χ0) is 19.7. The van der Waals surface area contributed by atoms with Crippen LogP contribution in [0.15, 0.2) is 77.7 Å². The van der Waals surface area contributed by atoms with Gasteiger partial charge in [0.1, 0.15) is 5.75 Å². The van der Waals surface area contributed by atoms with Crippen molar-refractivity contribution in [3.05, 3.63) is 95.1 Å². The molecule has 4 rings (SSSR count). The van der Waals surface area contributed by atoms with Crippen LogP contribution in [0.1, 0.15) is 22.3 Å². The predicted octanol–water partition coefficient (Wildman–Crippen LogP) is 4.27. The van der Waals surface area contributed by atoms with Crippen molar-refractivity contribution in [1.82, 2.24) is 0 Å². The Labute approximate surface area is 168 Å². The van der Waals surface area contributed by atoms with Crippen LogP contribution in [0.5, 0.6) is 0 Å². The molecule has 0 aliphatic carbocycles. The lowest BCUT2D eigenvalue weighted by Gasteiger charge is -2.11. The lowest BCUT2D eigenvalue weighted by molar-refractivity contribution is 0.594. The van der Waals surface area contributed by atoms with Gasteiger partial charge in [0.25, 0.3) is 0 Å². The Morgan fingerprint density at radius 1 is 0.964 bits per heavy atom. The van der Waals surface area contributed by atoms with Gasteiger partial charge in [-0.1, -0.05) is 48.5 Å². The summed E-state index contributed by atoms with van der Waals surface area (Å²) in [5.41, 5.74) is 5.37. The van der Waals surface area contributed by atoms with Gasteiger partial charge in [0.2, 0.25) is 10.0 Å². The Kier molecular flexibility index (Phi) is 5.02. The number of rotatable bonds is 3. The van der Waals surface area contributed by atoms with Crippen molar-refractivity contribution >= 4 is 38.5 Å². The molecular weight excluding hydrogens is 390 g/mol. The highest BCUT2D eigenvalue weighted by Crippen LogP contribution is 2.38. The van der Waals surface area contributed by atoms with E-state index in [0.717, 1.165) is 39.0 Å². The van der Waals surface area contributed by atoms with E-state index in [-0.39, 0.29) is 0 Å². The topological polar surface area (TPSA) is 69.2 Å². The Bertz CT molecular complexity index is 1170. The molecule has 3 aromatic carbocycles. The van der Waals surface area contributed by atoms with Crippen LogP contribution in [-0.4, -0.2) is 19.2 Å². The molecule has 0 radical (unpaired) electrons. The number of fused-ring (bicyclic) bond motifs is 2. The number of benzene rings is 3. The Morgan fingerprint density at radius 2 is 1.68 bits per heavy atom. The summed E-state index contributed by atoms with van der Waals surface area (Å²) in [6.07, 6.45) is 3.15. The zero-order valence-electron chi connectivity index (χ0n) is 15.3. The molecule has 1 aliphatic heterocycles. The molecular formula is C22H19NO3S2. The molecule has 0 saturated carbocycles.